The Hall–Kier alpha value is -0.640. The van der Waals surface area contributed by atoms with Crippen LogP contribution in [0.2, 0.25) is 0 Å². The molecule has 1 atom stereocenters. The molecule has 3 nitrogen and oxygen atoms in total. The summed E-state index contributed by atoms with van der Waals surface area (Å²) in [5.74, 6) is 0. The minimum absolute atomic E-state index is 0. The van der Waals surface area contributed by atoms with Crippen molar-refractivity contribution in [1.82, 2.24) is 10.3 Å². The summed E-state index contributed by atoms with van der Waals surface area (Å²) in [6.45, 7) is 5.14. The number of hydrogen-bond donors (Lipinski definition) is 2. The molecule has 14 heavy (non-hydrogen) atoms. The van der Waals surface area contributed by atoms with Crippen LogP contribution in [0.25, 0.3) is 0 Å². The first-order valence-electron chi connectivity index (χ1n) is 4.49. The Morgan fingerprint density at radius 2 is 2.29 bits per heavy atom. The van der Waals surface area contributed by atoms with E-state index < -0.39 is 0 Å². The van der Waals surface area contributed by atoms with Gasteiger partial charge in [-0.3, -0.25) is 4.98 Å². The maximum absolute atomic E-state index is 9.02. The van der Waals surface area contributed by atoms with E-state index in [1.165, 1.54) is 5.56 Å². The normalized spacial score (nSPS) is 11.9. The van der Waals surface area contributed by atoms with Gasteiger partial charge in [-0.2, -0.15) is 0 Å². The van der Waals surface area contributed by atoms with E-state index >= 15 is 0 Å². The molecule has 0 radical (unpaired) electrons. The maximum Gasteiger partial charge on any atom is 0.0636 e. The fraction of sp³-hybridized carbons (Fsp3) is 0.500. The average Bonchev–Trinajstić information content (AvgIpc) is 2.08. The minimum atomic E-state index is -0.294. The third-order valence-corrected chi connectivity index (χ3v) is 1.87. The van der Waals surface area contributed by atoms with Crippen molar-refractivity contribution in [3.05, 3.63) is 29.6 Å². The number of aromatic nitrogens is 1. The second-order valence-electron chi connectivity index (χ2n) is 3.23. The summed E-state index contributed by atoms with van der Waals surface area (Å²) in [7, 11) is 0. The van der Waals surface area contributed by atoms with E-state index in [2.05, 4.69) is 10.3 Å². The van der Waals surface area contributed by atoms with E-state index in [0.717, 1.165) is 12.2 Å². The van der Waals surface area contributed by atoms with E-state index in [-0.39, 0.29) is 18.5 Å². The zero-order chi connectivity index (χ0) is 9.68. The third-order valence-electron chi connectivity index (χ3n) is 1.87. The standard InChI is InChI=1S/C10H16N2O.ClH/c1-8(13)6-11-7-10-4-3-5-12-9(10)2;/h3-5,8,11,13H,6-7H2,1-2H3;1H. The lowest BCUT2D eigenvalue weighted by molar-refractivity contribution is 0.191. The van der Waals surface area contributed by atoms with Crippen molar-refractivity contribution in [3.8, 4) is 0 Å². The first-order valence-corrected chi connectivity index (χ1v) is 4.49. The van der Waals surface area contributed by atoms with Crippen molar-refractivity contribution in [2.24, 2.45) is 0 Å². The van der Waals surface area contributed by atoms with Gasteiger partial charge < -0.3 is 10.4 Å². The lowest BCUT2D eigenvalue weighted by Gasteiger charge is -2.08. The molecule has 0 aromatic carbocycles. The summed E-state index contributed by atoms with van der Waals surface area (Å²) < 4.78 is 0. The highest BCUT2D eigenvalue weighted by Gasteiger charge is 1.98. The van der Waals surface area contributed by atoms with E-state index in [4.69, 9.17) is 5.11 Å². The number of nitrogens with one attached hydrogen (secondary N) is 1. The number of rotatable bonds is 4. The number of aliphatic hydroxyl groups excluding tert-OH is 1. The topological polar surface area (TPSA) is 45.2 Å². The van der Waals surface area contributed by atoms with Crippen molar-refractivity contribution >= 4 is 12.4 Å². The Kier molecular flexibility index (Phi) is 6.45. The average molecular weight is 217 g/mol. The van der Waals surface area contributed by atoms with Crippen molar-refractivity contribution < 1.29 is 5.11 Å². The highest BCUT2D eigenvalue weighted by atomic mass is 35.5. The molecule has 1 unspecified atom stereocenters. The van der Waals surface area contributed by atoms with Crippen LogP contribution in [-0.2, 0) is 6.54 Å². The fourth-order valence-corrected chi connectivity index (χ4v) is 1.12. The van der Waals surface area contributed by atoms with E-state index in [0.29, 0.717) is 6.54 Å². The summed E-state index contributed by atoms with van der Waals surface area (Å²) in [6, 6.07) is 3.96. The Bertz CT molecular complexity index is 266. The second kappa shape index (κ2) is 6.76. The Morgan fingerprint density at radius 1 is 1.57 bits per heavy atom. The summed E-state index contributed by atoms with van der Waals surface area (Å²) in [4.78, 5) is 4.17. The summed E-state index contributed by atoms with van der Waals surface area (Å²) in [5, 5.41) is 12.2. The van der Waals surface area contributed by atoms with Gasteiger partial charge in [0.2, 0.25) is 0 Å². The molecule has 1 aromatic heterocycles. The number of aryl methyl sites for hydroxylation is 1. The van der Waals surface area contributed by atoms with Crippen molar-refractivity contribution in [2.75, 3.05) is 6.54 Å². The van der Waals surface area contributed by atoms with Gasteiger partial charge in [-0.05, 0) is 25.5 Å². The molecule has 1 heterocycles. The third kappa shape index (κ3) is 4.56. The van der Waals surface area contributed by atoms with Crippen molar-refractivity contribution in [2.45, 2.75) is 26.5 Å². The molecular weight excluding hydrogens is 200 g/mol. The largest absolute Gasteiger partial charge is 0.392 e. The second-order valence-corrected chi connectivity index (χ2v) is 3.23. The fourth-order valence-electron chi connectivity index (χ4n) is 1.12. The van der Waals surface area contributed by atoms with E-state index in [9.17, 15) is 0 Å². The lowest BCUT2D eigenvalue weighted by Crippen LogP contribution is -2.24. The predicted octanol–water partition coefficient (Wildman–Crippen LogP) is 1.28. The van der Waals surface area contributed by atoms with Gasteiger partial charge in [-0.25, -0.2) is 0 Å². The van der Waals surface area contributed by atoms with Gasteiger partial charge in [0.05, 0.1) is 6.10 Å². The Labute approximate surface area is 91.0 Å². The molecular formula is C10H17ClN2O. The molecule has 2 N–H and O–H groups in total. The van der Waals surface area contributed by atoms with Crippen LogP contribution in [0.15, 0.2) is 18.3 Å². The zero-order valence-electron chi connectivity index (χ0n) is 8.53. The zero-order valence-corrected chi connectivity index (χ0v) is 9.34. The van der Waals surface area contributed by atoms with Crippen LogP contribution in [0.4, 0.5) is 0 Å². The first-order chi connectivity index (χ1) is 6.20. The van der Waals surface area contributed by atoms with Crippen LogP contribution in [0.3, 0.4) is 0 Å². The SMILES string of the molecule is Cc1ncccc1CNCC(C)O.Cl. The first kappa shape index (κ1) is 13.4. The molecule has 0 amide bonds. The number of pyridine rings is 1. The molecule has 1 rings (SSSR count). The summed E-state index contributed by atoms with van der Waals surface area (Å²) in [6.07, 6.45) is 1.49. The summed E-state index contributed by atoms with van der Waals surface area (Å²) >= 11 is 0. The molecule has 4 heteroatoms. The molecule has 0 saturated heterocycles. The highest BCUT2D eigenvalue weighted by molar-refractivity contribution is 5.85. The van der Waals surface area contributed by atoms with Crippen LogP contribution in [0.1, 0.15) is 18.2 Å². The molecule has 0 bridgehead atoms. The van der Waals surface area contributed by atoms with Gasteiger partial charge in [-0.1, -0.05) is 6.07 Å². The molecule has 0 fully saturated rings. The van der Waals surface area contributed by atoms with Crippen molar-refractivity contribution in [3.63, 3.8) is 0 Å². The van der Waals surface area contributed by atoms with Crippen LogP contribution in [0, 0.1) is 6.92 Å². The van der Waals surface area contributed by atoms with Gasteiger partial charge in [0, 0.05) is 25.0 Å². The van der Waals surface area contributed by atoms with Crippen LogP contribution in [-0.4, -0.2) is 22.7 Å². The Balaban J connectivity index is 0.00000169. The molecule has 80 valence electrons. The van der Waals surface area contributed by atoms with Crippen LogP contribution < -0.4 is 5.32 Å². The molecule has 0 aliphatic carbocycles. The van der Waals surface area contributed by atoms with Gasteiger partial charge >= 0.3 is 0 Å². The Morgan fingerprint density at radius 3 is 2.86 bits per heavy atom. The van der Waals surface area contributed by atoms with Gasteiger partial charge in [0.15, 0.2) is 0 Å². The molecule has 0 aliphatic heterocycles. The van der Waals surface area contributed by atoms with Crippen LogP contribution in [0.5, 0.6) is 0 Å². The maximum atomic E-state index is 9.02. The summed E-state index contributed by atoms with van der Waals surface area (Å²) in [5.41, 5.74) is 2.23. The molecule has 0 saturated carbocycles. The quantitative estimate of drug-likeness (QED) is 0.797. The number of halogens is 1. The van der Waals surface area contributed by atoms with Gasteiger partial charge in [0.25, 0.3) is 0 Å². The predicted molar refractivity (Wildman–Crippen MR) is 59.6 cm³/mol. The lowest BCUT2D eigenvalue weighted by atomic mass is 10.2. The van der Waals surface area contributed by atoms with Crippen molar-refractivity contribution in [1.29, 1.82) is 0 Å². The van der Waals surface area contributed by atoms with Gasteiger partial charge in [-0.15, -0.1) is 12.4 Å². The molecule has 0 spiro atoms. The number of nitrogens with zero attached hydrogens (tertiary/aromatic N) is 1. The van der Waals surface area contributed by atoms with Crippen LogP contribution >= 0.6 is 12.4 Å². The van der Waals surface area contributed by atoms with E-state index in [1.807, 2.05) is 19.1 Å². The number of hydrogen-bond acceptors (Lipinski definition) is 3. The van der Waals surface area contributed by atoms with Gasteiger partial charge in [0.1, 0.15) is 0 Å². The molecule has 0 aliphatic rings. The smallest absolute Gasteiger partial charge is 0.0636 e. The monoisotopic (exact) mass is 216 g/mol. The number of aliphatic hydroxyl groups is 1. The highest BCUT2D eigenvalue weighted by Crippen LogP contribution is 2.02. The molecule has 1 aromatic rings. The minimum Gasteiger partial charge on any atom is -0.392 e. The van der Waals surface area contributed by atoms with E-state index in [1.54, 1.807) is 13.1 Å².